The lowest BCUT2D eigenvalue weighted by Crippen LogP contribution is -2.17. The van der Waals surface area contributed by atoms with E-state index in [0.717, 1.165) is 5.56 Å². The highest BCUT2D eigenvalue weighted by Crippen LogP contribution is 2.22. The normalized spacial score (nSPS) is 10.3. The second kappa shape index (κ2) is 8.84. The molecular weight excluding hydrogens is 322 g/mol. The number of carboxylic acid groups (broad SMARTS) is 1. The number of ether oxygens (including phenoxy) is 2. The highest BCUT2D eigenvalue weighted by Gasteiger charge is 2.13. The van der Waals surface area contributed by atoms with Crippen molar-refractivity contribution in [1.82, 2.24) is 0 Å². The first kappa shape index (κ1) is 18.5. The molecule has 0 aliphatic heterocycles. The van der Waals surface area contributed by atoms with Gasteiger partial charge in [0.25, 0.3) is 0 Å². The van der Waals surface area contributed by atoms with Gasteiger partial charge in [0, 0.05) is 12.8 Å². The molecule has 0 aliphatic rings. The van der Waals surface area contributed by atoms with E-state index in [-0.39, 0.29) is 17.9 Å². The lowest BCUT2D eigenvalue weighted by atomic mass is 10.0. The van der Waals surface area contributed by atoms with Crippen LogP contribution in [-0.4, -0.2) is 37.3 Å². The van der Waals surface area contributed by atoms with Gasteiger partial charge in [-0.1, -0.05) is 18.2 Å². The van der Waals surface area contributed by atoms with Crippen molar-refractivity contribution in [1.29, 1.82) is 0 Å². The van der Waals surface area contributed by atoms with Crippen LogP contribution in [0.3, 0.4) is 0 Å². The maximum Gasteiger partial charge on any atom is 0.335 e. The Morgan fingerprint density at radius 2 is 1.88 bits per heavy atom. The van der Waals surface area contributed by atoms with Crippen LogP contribution in [0.2, 0.25) is 0 Å². The van der Waals surface area contributed by atoms with Crippen molar-refractivity contribution in [3.05, 3.63) is 59.2 Å². The Labute approximate surface area is 146 Å². The third-order valence-corrected chi connectivity index (χ3v) is 3.63. The SMILES string of the molecule is COCCOc1ccc(NC(=O)Cc2ccccc2C(=O)O)c(C)c1. The standard InChI is InChI=1S/C19H21NO5/c1-13-11-15(25-10-9-24-2)7-8-17(13)20-18(21)12-14-5-3-4-6-16(14)19(22)23/h3-8,11H,9-10,12H2,1-2H3,(H,20,21)(H,22,23). The van der Waals surface area contributed by atoms with Gasteiger partial charge in [-0.25, -0.2) is 4.79 Å². The van der Waals surface area contributed by atoms with Crippen molar-refractivity contribution < 1.29 is 24.2 Å². The molecule has 0 saturated carbocycles. The number of anilines is 1. The number of rotatable bonds is 8. The summed E-state index contributed by atoms with van der Waals surface area (Å²) in [6, 6.07) is 11.8. The lowest BCUT2D eigenvalue weighted by molar-refractivity contribution is -0.115. The smallest absolute Gasteiger partial charge is 0.335 e. The van der Waals surface area contributed by atoms with Gasteiger partial charge in [0.05, 0.1) is 18.6 Å². The number of hydrogen-bond acceptors (Lipinski definition) is 4. The molecule has 0 aromatic heterocycles. The van der Waals surface area contributed by atoms with Crippen LogP contribution in [0.5, 0.6) is 5.75 Å². The number of carbonyl (C=O) groups excluding carboxylic acids is 1. The number of nitrogens with one attached hydrogen (secondary N) is 1. The molecule has 2 rings (SSSR count). The fraction of sp³-hybridized carbons (Fsp3) is 0.263. The molecule has 0 aliphatic carbocycles. The van der Waals surface area contributed by atoms with Gasteiger partial charge in [-0.15, -0.1) is 0 Å². The minimum atomic E-state index is -1.04. The van der Waals surface area contributed by atoms with Crippen LogP contribution in [0.4, 0.5) is 5.69 Å². The van der Waals surface area contributed by atoms with E-state index < -0.39 is 5.97 Å². The van der Waals surface area contributed by atoms with E-state index in [4.69, 9.17) is 9.47 Å². The van der Waals surface area contributed by atoms with Gasteiger partial charge in [0.1, 0.15) is 12.4 Å². The van der Waals surface area contributed by atoms with Gasteiger partial charge in [-0.3, -0.25) is 4.79 Å². The van der Waals surface area contributed by atoms with Crippen LogP contribution in [0.25, 0.3) is 0 Å². The van der Waals surface area contributed by atoms with Crippen LogP contribution >= 0.6 is 0 Å². The Morgan fingerprint density at radius 3 is 2.56 bits per heavy atom. The van der Waals surface area contributed by atoms with Crippen molar-refractivity contribution in [2.45, 2.75) is 13.3 Å². The van der Waals surface area contributed by atoms with E-state index in [0.29, 0.717) is 30.2 Å². The molecule has 0 atom stereocenters. The molecule has 6 nitrogen and oxygen atoms in total. The van der Waals surface area contributed by atoms with E-state index >= 15 is 0 Å². The minimum absolute atomic E-state index is 0.00595. The van der Waals surface area contributed by atoms with Gasteiger partial charge < -0.3 is 19.9 Å². The van der Waals surface area contributed by atoms with Gasteiger partial charge in [0.2, 0.25) is 5.91 Å². The summed E-state index contributed by atoms with van der Waals surface area (Å²) in [5.74, 6) is -0.620. The zero-order valence-electron chi connectivity index (χ0n) is 14.2. The van der Waals surface area contributed by atoms with Crippen LogP contribution in [-0.2, 0) is 16.0 Å². The Hall–Kier alpha value is -2.86. The van der Waals surface area contributed by atoms with Crippen LogP contribution in [0.1, 0.15) is 21.5 Å². The number of benzene rings is 2. The number of amides is 1. The third kappa shape index (κ3) is 5.32. The first-order valence-electron chi connectivity index (χ1n) is 7.84. The molecule has 0 spiro atoms. The Bertz CT molecular complexity index is 757. The predicted molar refractivity (Wildman–Crippen MR) is 94.3 cm³/mol. The predicted octanol–water partition coefficient (Wildman–Crippen LogP) is 2.90. The Balaban J connectivity index is 2.02. The summed E-state index contributed by atoms with van der Waals surface area (Å²) in [5, 5.41) is 12.0. The Kier molecular flexibility index (Phi) is 6.54. The second-order valence-corrected chi connectivity index (χ2v) is 5.51. The van der Waals surface area contributed by atoms with Crippen molar-refractivity contribution in [2.75, 3.05) is 25.6 Å². The third-order valence-electron chi connectivity index (χ3n) is 3.63. The largest absolute Gasteiger partial charge is 0.491 e. The molecule has 0 heterocycles. The van der Waals surface area contributed by atoms with E-state index in [9.17, 15) is 14.7 Å². The van der Waals surface area contributed by atoms with Gasteiger partial charge in [-0.2, -0.15) is 0 Å². The monoisotopic (exact) mass is 343 g/mol. The molecule has 0 bridgehead atoms. The van der Waals surface area contributed by atoms with Crippen molar-refractivity contribution >= 4 is 17.6 Å². The average molecular weight is 343 g/mol. The molecular formula is C19H21NO5. The zero-order chi connectivity index (χ0) is 18.2. The number of carbonyl (C=O) groups is 2. The summed E-state index contributed by atoms with van der Waals surface area (Å²) in [6.45, 7) is 2.82. The van der Waals surface area contributed by atoms with Gasteiger partial charge >= 0.3 is 5.97 Å². The van der Waals surface area contributed by atoms with Crippen LogP contribution in [0, 0.1) is 6.92 Å². The summed E-state index contributed by atoms with van der Waals surface area (Å²) in [7, 11) is 1.61. The highest BCUT2D eigenvalue weighted by molar-refractivity contribution is 5.96. The Morgan fingerprint density at radius 1 is 1.12 bits per heavy atom. The molecule has 6 heteroatoms. The minimum Gasteiger partial charge on any atom is -0.491 e. The van der Waals surface area contributed by atoms with Crippen LogP contribution < -0.4 is 10.1 Å². The average Bonchev–Trinajstić information content (AvgIpc) is 2.58. The molecule has 2 N–H and O–H groups in total. The molecule has 0 saturated heterocycles. The topological polar surface area (TPSA) is 84.9 Å². The summed E-state index contributed by atoms with van der Waals surface area (Å²) < 4.78 is 10.5. The number of methoxy groups -OCH3 is 1. The molecule has 0 radical (unpaired) electrons. The maximum absolute atomic E-state index is 12.3. The molecule has 2 aromatic carbocycles. The van der Waals surface area contributed by atoms with E-state index in [1.165, 1.54) is 6.07 Å². The summed E-state index contributed by atoms with van der Waals surface area (Å²) in [6.07, 6.45) is -0.00595. The summed E-state index contributed by atoms with van der Waals surface area (Å²) in [5.41, 5.74) is 2.13. The zero-order valence-corrected chi connectivity index (χ0v) is 14.2. The van der Waals surface area contributed by atoms with Gasteiger partial charge in [0.15, 0.2) is 0 Å². The fourth-order valence-electron chi connectivity index (χ4n) is 2.36. The summed E-state index contributed by atoms with van der Waals surface area (Å²) >= 11 is 0. The molecule has 132 valence electrons. The van der Waals surface area contributed by atoms with Crippen molar-refractivity contribution in [2.24, 2.45) is 0 Å². The summed E-state index contributed by atoms with van der Waals surface area (Å²) in [4.78, 5) is 23.5. The molecule has 1 amide bonds. The first-order chi connectivity index (χ1) is 12.0. The fourth-order valence-corrected chi connectivity index (χ4v) is 2.36. The van der Waals surface area contributed by atoms with Crippen molar-refractivity contribution in [3.8, 4) is 5.75 Å². The van der Waals surface area contributed by atoms with E-state index in [2.05, 4.69) is 5.32 Å². The van der Waals surface area contributed by atoms with Gasteiger partial charge in [-0.05, 0) is 42.3 Å². The first-order valence-corrected chi connectivity index (χ1v) is 7.84. The highest BCUT2D eigenvalue weighted by atomic mass is 16.5. The second-order valence-electron chi connectivity index (χ2n) is 5.51. The van der Waals surface area contributed by atoms with Crippen molar-refractivity contribution in [3.63, 3.8) is 0 Å². The number of aryl methyl sites for hydroxylation is 1. The molecule has 25 heavy (non-hydrogen) atoms. The van der Waals surface area contributed by atoms with E-state index in [1.54, 1.807) is 37.4 Å². The van der Waals surface area contributed by atoms with E-state index in [1.807, 2.05) is 13.0 Å². The number of aromatic carboxylic acids is 1. The van der Waals surface area contributed by atoms with Crippen LogP contribution in [0.15, 0.2) is 42.5 Å². The maximum atomic E-state index is 12.3. The molecule has 2 aromatic rings. The molecule has 0 fully saturated rings. The quantitative estimate of drug-likeness (QED) is 0.720. The number of carboxylic acids is 1. The molecule has 0 unspecified atom stereocenters. The lowest BCUT2D eigenvalue weighted by Gasteiger charge is -2.12. The number of hydrogen-bond donors (Lipinski definition) is 2.